The van der Waals surface area contributed by atoms with Gasteiger partial charge in [-0.15, -0.1) is 0 Å². The highest BCUT2D eigenvalue weighted by molar-refractivity contribution is 7.00. The molecule has 1 spiro atoms. The summed E-state index contributed by atoms with van der Waals surface area (Å²) in [5.74, 6) is 0. The molecule has 5 heteroatoms. The Morgan fingerprint density at radius 2 is 0.873 bits per heavy atom. The van der Waals surface area contributed by atoms with Crippen LogP contribution in [-0.4, -0.2) is 6.71 Å². The summed E-state index contributed by atoms with van der Waals surface area (Å²) in [5, 5.41) is 0. The summed E-state index contributed by atoms with van der Waals surface area (Å²) in [4.78, 5) is 13.3. The predicted molar refractivity (Wildman–Crippen MR) is 329 cm³/mol. The fourth-order valence-electron chi connectivity index (χ4n) is 13.9. The molecule has 0 aromatic heterocycles. The van der Waals surface area contributed by atoms with Crippen molar-refractivity contribution in [3.8, 4) is 55.6 Å². The third kappa shape index (κ3) is 6.67. The van der Waals surface area contributed by atoms with Gasteiger partial charge in [-0.05, 0) is 131 Å². The van der Waals surface area contributed by atoms with Crippen molar-refractivity contribution in [2.75, 3.05) is 9.80 Å². The van der Waals surface area contributed by atoms with Crippen LogP contribution in [0.15, 0.2) is 237 Å². The van der Waals surface area contributed by atoms with Crippen LogP contribution in [0.5, 0.6) is 0 Å². The minimum Gasteiger partial charge on any atom is -0.311 e. The van der Waals surface area contributed by atoms with E-state index in [9.17, 15) is 0 Å². The molecule has 2 aliphatic carbocycles. The molecule has 15 rings (SSSR count). The number of fused-ring (bicyclic) bond motifs is 14. The maximum Gasteiger partial charge on any atom is 0.252 e. The van der Waals surface area contributed by atoms with E-state index >= 15 is 0 Å². The van der Waals surface area contributed by atoms with Gasteiger partial charge in [0.15, 0.2) is 11.4 Å². The monoisotopic (exact) mass is 1010 g/mol. The third-order valence-corrected chi connectivity index (χ3v) is 17.3. The summed E-state index contributed by atoms with van der Waals surface area (Å²) in [7, 11) is 0. The van der Waals surface area contributed by atoms with Gasteiger partial charge in [0.2, 0.25) is 0 Å². The van der Waals surface area contributed by atoms with E-state index in [1.165, 1.54) is 27.5 Å². The molecule has 4 nitrogen and oxygen atoms in total. The molecule has 2 heterocycles. The van der Waals surface area contributed by atoms with Crippen molar-refractivity contribution in [3.63, 3.8) is 0 Å². The third-order valence-electron chi connectivity index (χ3n) is 17.3. The maximum atomic E-state index is 8.34. The minimum atomic E-state index is -0.814. The molecule has 79 heavy (non-hydrogen) atoms. The Morgan fingerprint density at radius 3 is 1.47 bits per heavy atom. The normalized spacial score (nSPS) is 13.6. The molecule has 0 unspecified atom stereocenters. The average Bonchev–Trinajstić information content (AvgIpc) is 2.84. The smallest absolute Gasteiger partial charge is 0.252 e. The van der Waals surface area contributed by atoms with Gasteiger partial charge in [-0.1, -0.05) is 227 Å². The zero-order valence-electron chi connectivity index (χ0n) is 44.4. The summed E-state index contributed by atoms with van der Waals surface area (Å²) in [5.41, 5.74) is 29.0. The first-order valence-electron chi connectivity index (χ1n) is 27.3. The van der Waals surface area contributed by atoms with Gasteiger partial charge in [-0.3, -0.25) is 0 Å². The van der Waals surface area contributed by atoms with E-state index in [1.54, 1.807) is 0 Å². The Balaban J connectivity index is 1.11. The van der Waals surface area contributed by atoms with Crippen molar-refractivity contribution in [3.05, 3.63) is 293 Å². The topological polar surface area (TPSA) is 15.2 Å². The molecule has 0 radical (unpaired) electrons. The van der Waals surface area contributed by atoms with E-state index in [0.29, 0.717) is 11.4 Å². The molecule has 370 valence electrons. The molecule has 0 fully saturated rings. The fraction of sp³-hybridized carbons (Fsp3) is 0.0811. The molecule has 11 aromatic rings. The molecule has 11 aromatic carbocycles. The largest absolute Gasteiger partial charge is 0.311 e. The number of anilines is 6. The van der Waals surface area contributed by atoms with Crippen molar-refractivity contribution in [1.82, 2.24) is 0 Å². The number of hydrogen-bond acceptors (Lipinski definition) is 2. The standard InChI is InChI=1S/C74H51BN4/c1-46-39-69-71-70(40-46)79(72-54(48-23-12-8-13-24-48)29-20-30-55(72)49-25-14-9-15-26-49)67-38-33-50(73(2,3)4)41-64(67)75(71)65-44-59-56-28-16-18-31-60(56)74(61-42-51(76-5)34-36-57(61)58-37-35-52(77-6)43-62(58)74)63(59)45-68(65)78(69)66-32-19-17-27-53(66)47-21-10-7-11-22-47/h7-45H,1-4H3. The summed E-state index contributed by atoms with van der Waals surface area (Å²) >= 11 is 0. The van der Waals surface area contributed by atoms with Crippen LogP contribution < -0.4 is 26.2 Å². The van der Waals surface area contributed by atoms with Crippen LogP contribution in [0.4, 0.5) is 45.5 Å². The van der Waals surface area contributed by atoms with Gasteiger partial charge in [0.25, 0.3) is 6.71 Å². The first kappa shape index (κ1) is 46.4. The van der Waals surface area contributed by atoms with Gasteiger partial charge in [0.1, 0.15) is 0 Å². The van der Waals surface area contributed by atoms with Crippen molar-refractivity contribution >= 4 is 68.6 Å². The van der Waals surface area contributed by atoms with E-state index in [1.807, 2.05) is 12.1 Å². The van der Waals surface area contributed by atoms with Crippen LogP contribution in [0.1, 0.15) is 54.2 Å². The van der Waals surface area contributed by atoms with Gasteiger partial charge in [0, 0.05) is 39.4 Å². The van der Waals surface area contributed by atoms with Gasteiger partial charge in [-0.25, -0.2) is 9.69 Å². The Kier molecular flexibility index (Phi) is 10.1. The Bertz CT molecular complexity index is 4340. The van der Waals surface area contributed by atoms with Crippen LogP contribution in [0.25, 0.3) is 65.3 Å². The summed E-state index contributed by atoms with van der Waals surface area (Å²) in [6, 6.07) is 86.8. The molecule has 2 aliphatic heterocycles. The van der Waals surface area contributed by atoms with Crippen molar-refractivity contribution in [2.45, 2.75) is 38.5 Å². The molecule has 0 N–H and O–H groups in total. The molecular formula is C74H51BN4. The maximum absolute atomic E-state index is 8.34. The van der Waals surface area contributed by atoms with Crippen molar-refractivity contribution in [1.29, 1.82) is 0 Å². The van der Waals surface area contributed by atoms with E-state index in [-0.39, 0.29) is 12.1 Å². The van der Waals surface area contributed by atoms with Gasteiger partial charge >= 0.3 is 0 Å². The SMILES string of the molecule is [C-]#[N+]c1ccc2c(c1)C1(c3ccccc3-c3cc4c(cc31)N(c1ccccc1-c1ccccc1)c1cc(C)cc3c1B4c1cc(C(C)(C)C)ccc1N3c1c(-c3ccccc3)cccc1-c1ccccc1)c1cc([N+]#[C-])ccc1-2. The summed E-state index contributed by atoms with van der Waals surface area (Å²) < 4.78 is 0. The number of nitrogens with zero attached hydrogens (tertiary/aromatic N) is 4. The van der Waals surface area contributed by atoms with Gasteiger partial charge in [0.05, 0.1) is 29.9 Å². The van der Waals surface area contributed by atoms with Crippen LogP contribution >= 0.6 is 0 Å². The number of benzene rings is 11. The van der Waals surface area contributed by atoms with E-state index in [4.69, 9.17) is 13.1 Å². The fourth-order valence-corrected chi connectivity index (χ4v) is 13.9. The van der Waals surface area contributed by atoms with Gasteiger partial charge < -0.3 is 9.80 Å². The highest BCUT2D eigenvalue weighted by Crippen LogP contribution is 2.65. The minimum absolute atomic E-state index is 0.146. The second kappa shape index (κ2) is 17.3. The Morgan fingerprint density at radius 1 is 0.380 bits per heavy atom. The first-order chi connectivity index (χ1) is 38.6. The second-order valence-electron chi connectivity index (χ2n) is 22.6. The van der Waals surface area contributed by atoms with Crippen LogP contribution in [-0.2, 0) is 10.8 Å². The predicted octanol–water partition coefficient (Wildman–Crippen LogP) is 17.8. The quantitative estimate of drug-likeness (QED) is 0.126. The Hall–Kier alpha value is -9.94. The van der Waals surface area contributed by atoms with Crippen molar-refractivity contribution < 1.29 is 0 Å². The molecule has 0 amide bonds. The molecule has 0 atom stereocenters. The molecule has 0 saturated carbocycles. The average molecular weight is 1010 g/mol. The van der Waals surface area contributed by atoms with Crippen LogP contribution in [0.3, 0.4) is 0 Å². The summed E-state index contributed by atoms with van der Waals surface area (Å²) in [6.07, 6.45) is 0. The number of aryl methyl sites for hydroxylation is 1. The van der Waals surface area contributed by atoms with Crippen LogP contribution in [0.2, 0.25) is 0 Å². The number of hydrogen-bond donors (Lipinski definition) is 0. The first-order valence-corrected chi connectivity index (χ1v) is 27.3. The van der Waals surface area contributed by atoms with E-state index in [0.717, 1.165) is 112 Å². The van der Waals surface area contributed by atoms with Gasteiger partial charge in [-0.2, -0.15) is 0 Å². The molecule has 0 saturated heterocycles. The van der Waals surface area contributed by atoms with Crippen molar-refractivity contribution in [2.24, 2.45) is 0 Å². The lowest BCUT2D eigenvalue weighted by atomic mass is 9.33. The number of rotatable bonds is 5. The van der Waals surface area contributed by atoms with E-state index < -0.39 is 5.41 Å². The summed E-state index contributed by atoms with van der Waals surface area (Å²) in [6.45, 7) is 25.7. The zero-order valence-corrected chi connectivity index (χ0v) is 44.4. The molecule has 0 bridgehead atoms. The highest BCUT2D eigenvalue weighted by Gasteiger charge is 2.54. The molecular weight excluding hydrogens is 956 g/mol. The molecule has 4 aliphatic rings. The van der Waals surface area contributed by atoms with E-state index in [2.05, 4.69) is 272 Å². The highest BCUT2D eigenvalue weighted by atomic mass is 15.2. The number of para-hydroxylation sites is 2. The lowest BCUT2D eigenvalue weighted by molar-refractivity contribution is 0.591. The van der Waals surface area contributed by atoms with Crippen LogP contribution in [0, 0.1) is 20.1 Å². The zero-order chi connectivity index (χ0) is 53.3. The Labute approximate surface area is 462 Å². The second-order valence-corrected chi connectivity index (χ2v) is 22.6. The lowest BCUT2D eigenvalue weighted by Crippen LogP contribution is -2.61. The lowest BCUT2D eigenvalue weighted by Gasteiger charge is -2.46.